The van der Waals surface area contributed by atoms with Crippen LogP contribution in [-0.4, -0.2) is 27.4 Å². The summed E-state index contributed by atoms with van der Waals surface area (Å²) in [6.45, 7) is 4.75. The minimum Gasteiger partial charge on any atom is -0.347 e. The van der Waals surface area contributed by atoms with Crippen molar-refractivity contribution >= 4 is 17.5 Å². The summed E-state index contributed by atoms with van der Waals surface area (Å²) in [5.74, 6) is -0.0376. The van der Waals surface area contributed by atoms with Gasteiger partial charge in [0.25, 0.3) is 11.8 Å². The third-order valence-corrected chi connectivity index (χ3v) is 4.93. The van der Waals surface area contributed by atoms with Crippen LogP contribution in [0.2, 0.25) is 0 Å². The molecule has 0 bridgehead atoms. The van der Waals surface area contributed by atoms with Crippen LogP contribution >= 0.6 is 0 Å². The fourth-order valence-corrected chi connectivity index (χ4v) is 3.61. The van der Waals surface area contributed by atoms with Crippen LogP contribution in [0, 0.1) is 13.8 Å². The van der Waals surface area contributed by atoms with Crippen molar-refractivity contribution in [1.82, 2.24) is 14.9 Å². The summed E-state index contributed by atoms with van der Waals surface area (Å²) in [6, 6.07) is 6.21. The van der Waals surface area contributed by atoms with Crippen molar-refractivity contribution < 1.29 is 9.59 Å². The van der Waals surface area contributed by atoms with Crippen molar-refractivity contribution in [3.63, 3.8) is 0 Å². The number of fused-ring (bicyclic) bond motifs is 1. The molecule has 1 aromatic carbocycles. The average molecular weight is 352 g/mol. The number of benzene rings is 1. The van der Waals surface area contributed by atoms with Crippen LogP contribution < -0.4 is 10.6 Å². The minimum atomic E-state index is -0.244. The Balaban J connectivity index is 1.63. The van der Waals surface area contributed by atoms with Crippen LogP contribution in [0.1, 0.15) is 63.6 Å². The molecule has 6 nitrogen and oxygen atoms in total. The van der Waals surface area contributed by atoms with E-state index in [1.807, 2.05) is 30.5 Å². The van der Waals surface area contributed by atoms with Gasteiger partial charge < -0.3 is 15.2 Å². The number of imidazole rings is 1. The highest BCUT2D eigenvalue weighted by molar-refractivity contribution is 6.05. The lowest BCUT2D eigenvalue weighted by molar-refractivity contribution is 0.0935. The van der Waals surface area contributed by atoms with Crippen LogP contribution in [0.5, 0.6) is 0 Å². The number of hydrogen-bond acceptors (Lipinski definition) is 3. The van der Waals surface area contributed by atoms with Crippen molar-refractivity contribution in [3.8, 4) is 0 Å². The maximum absolute atomic E-state index is 12.9. The average Bonchev–Trinajstić information content (AvgIpc) is 3.31. The molecular formula is C20H24N4O2. The lowest BCUT2D eigenvalue weighted by Gasteiger charge is -2.17. The first kappa shape index (κ1) is 16.8. The molecule has 26 heavy (non-hydrogen) atoms. The van der Waals surface area contributed by atoms with E-state index in [2.05, 4.69) is 21.7 Å². The molecule has 1 aliphatic heterocycles. The zero-order valence-corrected chi connectivity index (χ0v) is 15.3. The smallest absolute Gasteiger partial charge is 0.287 e. The molecule has 1 fully saturated rings. The predicted octanol–water partition coefficient (Wildman–Crippen LogP) is 2.98. The Kier molecular flexibility index (Phi) is 4.26. The number of amides is 2. The van der Waals surface area contributed by atoms with Gasteiger partial charge in [-0.25, -0.2) is 4.98 Å². The van der Waals surface area contributed by atoms with Crippen LogP contribution in [-0.2, 0) is 13.0 Å². The van der Waals surface area contributed by atoms with E-state index in [9.17, 15) is 9.59 Å². The van der Waals surface area contributed by atoms with Crippen LogP contribution in [0.25, 0.3) is 0 Å². The predicted molar refractivity (Wildman–Crippen MR) is 99.5 cm³/mol. The molecule has 0 saturated heterocycles. The van der Waals surface area contributed by atoms with Gasteiger partial charge in [0.2, 0.25) is 0 Å². The van der Waals surface area contributed by atoms with Gasteiger partial charge in [-0.05, 0) is 69.2 Å². The van der Waals surface area contributed by atoms with Crippen molar-refractivity contribution in [2.24, 2.45) is 0 Å². The number of nitrogens with one attached hydrogen (secondary N) is 2. The third kappa shape index (κ3) is 3.36. The van der Waals surface area contributed by atoms with Crippen molar-refractivity contribution in [3.05, 3.63) is 46.5 Å². The Labute approximate surface area is 153 Å². The molecular weight excluding hydrogens is 328 g/mol. The quantitative estimate of drug-likeness (QED) is 0.888. The molecule has 2 aromatic rings. The standard InChI is InChI=1S/C20H24N4O2/c1-12-9-13(2)11-15(10-12)22-19(25)17-16-5-3-4-8-24(16)18(23-17)20(26)21-14-6-7-14/h9-11,14H,3-8H2,1-2H3,(H,21,26)(H,22,25). The van der Waals surface area contributed by atoms with Crippen LogP contribution in [0.3, 0.4) is 0 Å². The van der Waals surface area contributed by atoms with Gasteiger partial charge in [-0.2, -0.15) is 0 Å². The number of carbonyl (C=O) groups excluding carboxylic acids is 2. The van der Waals surface area contributed by atoms with Gasteiger partial charge in [0.05, 0.1) is 5.69 Å². The first-order valence-corrected chi connectivity index (χ1v) is 9.31. The van der Waals surface area contributed by atoms with Gasteiger partial charge in [-0.15, -0.1) is 0 Å². The fourth-order valence-electron chi connectivity index (χ4n) is 3.61. The van der Waals surface area contributed by atoms with Crippen LogP contribution in [0.15, 0.2) is 18.2 Å². The Morgan fingerprint density at radius 1 is 1.08 bits per heavy atom. The molecule has 2 aliphatic rings. The van der Waals surface area contributed by atoms with Crippen molar-refractivity contribution in [2.45, 2.75) is 58.5 Å². The molecule has 0 radical (unpaired) electrons. The molecule has 2 amide bonds. The van der Waals surface area contributed by atoms with Gasteiger partial charge >= 0.3 is 0 Å². The number of hydrogen-bond donors (Lipinski definition) is 2. The van der Waals surface area contributed by atoms with Crippen molar-refractivity contribution in [1.29, 1.82) is 0 Å². The summed E-state index contributed by atoms with van der Waals surface area (Å²) >= 11 is 0. The highest BCUT2D eigenvalue weighted by Crippen LogP contribution is 2.24. The SMILES string of the molecule is Cc1cc(C)cc(NC(=O)c2nc(C(=O)NC3CC3)n3c2CCCC3)c1. The number of carbonyl (C=O) groups is 2. The maximum Gasteiger partial charge on any atom is 0.287 e. The molecule has 1 saturated carbocycles. The van der Waals surface area contributed by atoms with E-state index in [0.717, 1.165) is 61.2 Å². The van der Waals surface area contributed by atoms with Crippen LogP contribution in [0.4, 0.5) is 5.69 Å². The summed E-state index contributed by atoms with van der Waals surface area (Å²) in [5.41, 5.74) is 4.20. The van der Waals surface area contributed by atoms with E-state index < -0.39 is 0 Å². The first-order chi connectivity index (χ1) is 12.5. The minimum absolute atomic E-state index is 0.166. The second kappa shape index (κ2) is 6.59. The molecule has 1 aromatic heterocycles. The molecule has 0 spiro atoms. The maximum atomic E-state index is 12.9. The van der Waals surface area contributed by atoms with Gasteiger partial charge in [0.15, 0.2) is 11.5 Å². The first-order valence-electron chi connectivity index (χ1n) is 9.31. The molecule has 0 unspecified atom stereocenters. The molecule has 0 atom stereocenters. The summed E-state index contributed by atoms with van der Waals surface area (Å²) in [5, 5.41) is 5.93. The topological polar surface area (TPSA) is 76.0 Å². The van der Waals surface area contributed by atoms with Gasteiger partial charge in [-0.3, -0.25) is 9.59 Å². The Morgan fingerprint density at radius 2 is 1.81 bits per heavy atom. The van der Waals surface area contributed by atoms with Crippen molar-refractivity contribution in [2.75, 3.05) is 5.32 Å². The lowest BCUT2D eigenvalue weighted by atomic mass is 10.1. The second-order valence-corrected chi connectivity index (χ2v) is 7.42. The van der Waals surface area contributed by atoms with Gasteiger partial charge in [-0.1, -0.05) is 6.07 Å². The fraction of sp³-hybridized carbons (Fsp3) is 0.450. The number of rotatable bonds is 4. The van der Waals surface area contributed by atoms with E-state index in [-0.39, 0.29) is 17.9 Å². The lowest BCUT2D eigenvalue weighted by Crippen LogP contribution is -2.29. The number of aryl methyl sites for hydroxylation is 2. The van der Waals surface area contributed by atoms with E-state index >= 15 is 0 Å². The molecule has 4 rings (SSSR count). The largest absolute Gasteiger partial charge is 0.347 e. The summed E-state index contributed by atoms with van der Waals surface area (Å²) in [7, 11) is 0. The summed E-state index contributed by atoms with van der Waals surface area (Å²) < 4.78 is 1.93. The normalized spacial score (nSPS) is 16.1. The highest BCUT2D eigenvalue weighted by Gasteiger charge is 2.30. The Morgan fingerprint density at radius 3 is 2.50 bits per heavy atom. The van der Waals surface area contributed by atoms with Gasteiger partial charge in [0, 0.05) is 18.3 Å². The Hall–Kier alpha value is -2.63. The Bertz CT molecular complexity index is 860. The van der Waals surface area contributed by atoms with E-state index in [0.29, 0.717) is 11.5 Å². The zero-order chi connectivity index (χ0) is 18.3. The molecule has 2 heterocycles. The van der Waals surface area contributed by atoms with Gasteiger partial charge in [0.1, 0.15) is 0 Å². The molecule has 1 aliphatic carbocycles. The summed E-state index contributed by atoms with van der Waals surface area (Å²) in [4.78, 5) is 29.8. The molecule has 136 valence electrons. The number of nitrogens with zero attached hydrogens (tertiary/aromatic N) is 2. The molecule has 2 N–H and O–H groups in total. The third-order valence-electron chi connectivity index (χ3n) is 4.93. The van der Waals surface area contributed by atoms with E-state index in [1.54, 1.807) is 0 Å². The second-order valence-electron chi connectivity index (χ2n) is 7.42. The highest BCUT2D eigenvalue weighted by atomic mass is 16.2. The monoisotopic (exact) mass is 352 g/mol. The number of anilines is 1. The summed E-state index contributed by atoms with van der Waals surface area (Å²) in [6.07, 6.45) is 4.85. The zero-order valence-electron chi connectivity index (χ0n) is 15.3. The molecule has 6 heteroatoms. The van der Waals surface area contributed by atoms with E-state index in [1.165, 1.54) is 0 Å². The van der Waals surface area contributed by atoms with E-state index in [4.69, 9.17) is 0 Å². The number of aromatic nitrogens is 2.